The molecule has 0 aliphatic rings. The lowest BCUT2D eigenvalue weighted by Gasteiger charge is -2.02. The number of rotatable bonds is 2. The first kappa shape index (κ1) is 9.19. The summed E-state index contributed by atoms with van der Waals surface area (Å²) in [6, 6.07) is 3.54. The molecule has 1 rings (SSSR count). The summed E-state index contributed by atoms with van der Waals surface area (Å²) < 4.78 is 12.7. The first-order valence-corrected chi connectivity index (χ1v) is 3.40. The molecule has 0 bridgehead atoms. The third kappa shape index (κ3) is 1.82. The van der Waals surface area contributed by atoms with E-state index in [0.717, 1.165) is 6.07 Å². The summed E-state index contributed by atoms with van der Waals surface area (Å²) in [5.41, 5.74) is 0.223. The van der Waals surface area contributed by atoms with E-state index in [0.29, 0.717) is 0 Å². The van der Waals surface area contributed by atoms with Crippen molar-refractivity contribution in [3.05, 3.63) is 29.6 Å². The van der Waals surface area contributed by atoms with E-state index in [1.165, 1.54) is 12.1 Å². The predicted octanol–water partition coefficient (Wildman–Crippen LogP) is -1.00. The summed E-state index contributed by atoms with van der Waals surface area (Å²) in [6.07, 6.45) is 0. The maximum absolute atomic E-state index is 12.7. The maximum Gasteiger partial charge on any atom is 0.488 e. The normalized spacial score (nSPS) is 10.0. The molecule has 3 N–H and O–H groups in total. The topological polar surface area (TPSA) is 60.7 Å². The number of aliphatic hydroxyl groups is 1. The average molecular weight is 170 g/mol. The number of hydrogen-bond donors (Lipinski definition) is 3. The molecule has 1 aromatic rings. The highest BCUT2D eigenvalue weighted by molar-refractivity contribution is 6.58. The lowest BCUT2D eigenvalue weighted by Crippen LogP contribution is -2.30. The van der Waals surface area contributed by atoms with Gasteiger partial charge in [-0.3, -0.25) is 0 Å². The second-order valence-corrected chi connectivity index (χ2v) is 2.38. The molecule has 0 saturated carbocycles. The van der Waals surface area contributed by atoms with Crippen LogP contribution in [0.4, 0.5) is 4.39 Å². The molecule has 0 heterocycles. The summed E-state index contributed by atoms with van der Waals surface area (Å²) in [5, 5.41) is 26.0. The summed E-state index contributed by atoms with van der Waals surface area (Å²) in [7, 11) is -1.63. The third-order valence-electron chi connectivity index (χ3n) is 1.54. The van der Waals surface area contributed by atoms with Crippen LogP contribution in [0, 0.1) is 5.82 Å². The second kappa shape index (κ2) is 3.66. The number of benzene rings is 1. The Kier molecular flexibility index (Phi) is 2.81. The van der Waals surface area contributed by atoms with Gasteiger partial charge in [0.15, 0.2) is 0 Å². The highest BCUT2D eigenvalue weighted by atomic mass is 19.1. The molecule has 5 heteroatoms. The maximum atomic E-state index is 12.7. The van der Waals surface area contributed by atoms with Crippen LogP contribution in [-0.2, 0) is 6.61 Å². The molecule has 12 heavy (non-hydrogen) atoms. The van der Waals surface area contributed by atoms with E-state index in [4.69, 9.17) is 15.2 Å². The van der Waals surface area contributed by atoms with Crippen LogP contribution in [0.2, 0.25) is 0 Å². The van der Waals surface area contributed by atoms with Gasteiger partial charge in [0, 0.05) is 5.56 Å². The van der Waals surface area contributed by atoms with Crippen molar-refractivity contribution in [1.29, 1.82) is 0 Å². The lowest BCUT2D eigenvalue weighted by molar-refractivity contribution is 0.276. The van der Waals surface area contributed by atoms with Gasteiger partial charge in [0.2, 0.25) is 0 Å². The Balaban J connectivity index is 3.05. The smallest absolute Gasteiger partial charge is 0.423 e. The molecule has 0 atom stereocenters. The zero-order chi connectivity index (χ0) is 9.14. The van der Waals surface area contributed by atoms with Crippen LogP contribution in [0.25, 0.3) is 0 Å². The van der Waals surface area contributed by atoms with Crippen LogP contribution < -0.4 is 5.46 Å². The minimum Gasteiger partial charge on any atom is -0.423 e. The fourth-order valence-corrected chi connectivity index (χ4v) is 0.876. The van der Waals surface area contributed by atoms with Crippen molar-refractivity contribution < 1.29 is 19.5 Å². The van der Waals surface area contributed by atoms with Crippen molar-refractivity contribution in [1.82, 2.24) is 0 Å². The van der Waals surface area contributed by atoms with Crippen LogP contribution in [-0.4, -0.2) is 22.3 Å². The highest BCUT2D eigenvalue weighted by Crippen LogP contribution is 2.04. The Hall–Kier alpha value is -0.905. The van der Waals surface area contributed by atoms with Crippen LogP contribution >= 0.6 is 0 Å². The van der Waals surface area contributed by atoms with E-state index in [1.807, 2.05) is 0 Å². The molecule has 0 fully saturated rings. The van der Waals surface area contributed by atoms with Gasteiger partial charge < -0.3 is 15.2 Å². The van der Waals surface area contributed by atoms with E-state index in [1.54, 1.807) is 0 Å². The summed E-state index contributed by atoms with van der Waals surface area (Å²) >= 11 is 0. The molecule has 0 amide bonds. The van der Waals surface area contributed by atoms with Gasteiger partial charge in [-0.25, -0.2) is 4.39 Å². The second-order valence-electron chi connectivity index (χ2n) is 2.38. The summed E-state index contributed by atoms with van der Waals surface area (Å²) in [6.45, 7) is -0.452. The van der Waals surface area contributed by atoms with E-state index in [9.17, 15) is 4.39 Å². The Morgan fingerprint density at radius 3 is 2.50 bits per heavy atom. The SMILES string of the molecule is OCc1cc(B(O)O)ccc1F. The minimum atomic E-state index is -1.63. The van der Waals surface area contributed by atoms with Crippen LogP contribution in [0.5, 0.6) is 0 Å². The third-order valence-corrected chi connectivity index (χ3v) is 1.54. The van der Waals surface area contributed by atoms with Crippen LogP contribution in [0.15, 0.2) is 18.2 Å². The van der Waals surface area contributed by atoms with Crippen molar-refractivity contribution in [3.8, 4) is 0 Å². The molecule has 3 nitrogen and oxygen atoms in total. The van der Waals surface area contributed by atoms with Gasteiger partial charge >= 0.3 is 7.12 Å². The van der Waals surface area contributed by atoms with Crippen molar-refractivity contribution in [2.45, 2.75) is 6.61 Å². The summed E-state index contributed by atoms with van der Waals surface area (Å²) in [4.78, 5) is 0. The van der Waals surface area contributed by atoms with Crippen molar-refractivity contribution >= 4 is 12.6 Å². The Morgan fingerprint density at radius 1 is 1.33 bits per heavy atom. The molecule has 0 saturated heterocycles. The van der Waals surface area contributed by atoms with E-state index in [2.05, 4.69) is 0 Å². The summed E-state index contributed by atoms with van der Waals surface area (Å²) in [5.74, 6) is -0.554. The van der Waals surface area contributed by atoms with E-state index in [-0.39, 0.29) is 11.0 Å². The van der Waals surface area contributed by atoms with Gasteiger partial charge in [0.25, 0.3) is 0 Å². The zero-order valence-corrected chi connectivity index (χ0v) is 6.24. The quantitative estimate of drug-likeness (QED) is 0.498. The van der Waals surface area contributed by atoms with Crippen molar-refractivity contribution in [2.75, 3.05) is 0 Å². The molecule has 0 unspecified atom stereocenters. The van der Waals surface area contributed by atoms with Gasteiger partial charge in [0.05, 0.1) is 6.61 Å². The van der Waals surface area contributed by atoms with Crippen LogP contribution in [0.3, 0.4) is 0 Å². The molecular weight excluding hydrogens is 162 g/mol. The number of aliphatic hydroxyl groups excluding tert-OH is 1. The van der Waals surface area contributed by atoms with Gasteiger partial charge in [-0.1, -0.05) is 12.1 Å². The van der Waals surface area contributed by atoms with Gasteiger partial charge in [-0.2, -0.15) is 0 Å². The molecule has 0 spiro atoms. The fraction of sp³-hybridized carbons (Fsp3) is 0.143. The lowest BCUT2D eigenvalue weighted by atomic mass is 9.79. The van der Waals surface area contributed by atoms with Crippen molar-refractivity contribution in [2.24, 2.45) is 0 Å². The monoisotopic (exact) mass is 170 g/mol. The predicted molar refractivity (Wildman–Crippen MR) is 42.1 cm³/mol. The average Bonchev–Trinajstić information content (AvgIpc) is 2.05. The highest BCUT2D eigenvalue weighted by Gasteiger charge is 2.12. The first-order valence-electron chi connectivity index (χ1n) is 3.40. The molecule has 64 valence electrons. The van der Waals surface area contributed by atoms with Gasteiger partial charge in [0.1, 0.15) is 5.82 Å². The van der Waals surface area contributed by atoms with E-state index >= 15 is 0 Å². The number of hydrogen-bond acceptors (Lipinski definition) is 3. The largest absolute Gasteiger partial charge is 0.488 e. The molecule has 0 radical (unpaired) electrons. The van der Waals surface area contributed by atoms with E-state index < -0.39 is 19.5 Å². The zero-order valence-electron chi connectivity index (χ0n) is 6.24. The first-order chi connectivity index (χ1) is 5.65. The number of halogens is 1. The Morgan fingerprint density at radius 2 is 2.00 bits per heavy atom. The molecule has 0 aromatic heterocycles. The molecule has 0 aliphatic carbocycles. The van der Waals surface area contributed by atoms with Crippen molar-refractivity contribution in [3.63, 3.8) is 0 Å². The van der Waals surface area contributed by atoms with Crippen LogP contribution in [0.1, 0.15) is 5.56 Å². The van der Waals surface area contributed by atoms with Gasteiger partial charge in [-0.15, -0.1) is 0 Å². The standard InChI is InChI=1S/C7H8BFO3/c9-7-2-1-6(8(11)12)3-5(7)4-10/h1-3,10-12H,4H2. The molecular formula is C7H8BFO3. The Labute approximate surface area is 69.2 Å². The Bertz CT molecular complexity index is 277. The van der Waals surface area contributed by atoms with Gasteiger partial charge in [-0.05, 0) is 11.5 Å². The minimum absolute atomic E-state index is 0.0561. The molecule has 0 aliphatic heterocycles. The molecule has 1 aromatic carbocycles. The fourth-order valence-electron chi connectivity index (χ4n) is 0.876.